The van der Waals surface area contributed by atoms with Crippen molar-refractivity contribution in [3.05, 3.63) is 180 Å². The second kappa shape index (κ2) is 37.1. The molecule has 6 aromatic carbocycles. The largest absolute Gasteiger partial charge is 0.678 e. The van der Waals surface area contributed by atoms with Crippen LogP contribution < -0.4 is 0 Å². The Bertz CT molecular complexity index is 3660. The van der Waals surface area contributed by atoms with Crippen molar-refractivity contribution < 1.29 is 38.2 Å². The van der Waals surface area contributed by atoms with Crippen molar-refractivity contribution in [3.63, 3.8) is 0 Å². The number of phenolic OH excluding ortho intramolecular Hbond substituents is 3. The highest BCUT2D eigenvalue weighted by atomic mass is 28.4. The molecule has 0 spiro atoms. The van der Waals surface area contributed by atoms with Crippen LogP contribution in [0.15, 0.2) is 84.9 Å². The van der Waals surface area contributed by atoms with Crippen molar-refractivity contribution in [1.82, 2.24) is 4.98 Å². The number of rotatable bonds is 12. The van der Waals surface area contributed by atoms with Crippen LogP contribution in [0.4, 0.5) is 0 Å². The number of fused-ring (bicyclic) bond motifs is 2. The summed E-state index contributed by atoms with van der Waals surface area (Å²) in [6.45, 7) is 73.2. The van der Waals surface area contributed by atoms with Crippen LogP contribution in [0.25, 0.3) is 33.4 Å². The lowest BCUT2D eigenvalue weighted by Crippen LogP contribution is -2.57. The zero-order chi connectivity index (χ0) is 80.4. The van der Waals surface area contributed by atoms with Crippen LogP contribution in [0.1, 0.15) is 343 Å². The van der Waals surface area contributed by atoms with Gasteiger partial charge in [-0.05, 0) is 327 Å². The predicted molar refractivity (Wildman–Crippen MR) is 456 cm³/mol. The van der Waals surface area contributed by atoms with E-state index in [0.29, 0.717) is 52.8 Å². The highest BCUT2D eigenvalue weighted by Gasteiger charge is 2.51. The molecule has 0 atom stereocenters. The van der Waals surface area contributed by atoms with E-state index >= 15 is 0 Å². The Hall–Kier alpha value is -5.77. The van der Waals surface area contributed by atoms with E-state index in [1.54, 1.807) is 0 Å². The van der Waals surface area contributed by atoms with E-state index in [4.69, 9.17) is 13.3 Å². The fourth-order valence-corrected chi connectivity index (χ4v) is 18.8. The summed E-state index contributed by atoms with van der Waals surface area (Å²) in [5.74, 6) is 3.71. The van der Waals surface area contributed by atoms with E-state index in [1.165, 1.54) is 133 Å². The first-order valence-corrected chi connectivity index (χ1v) is 43.6. The Morgan fingerprint density at radius 3 is 0.952 bits per heavy atom. The van der Waals surface area contributed by atoms with Crippen molar-refractivity contribution in [2.45, 2.75) is 356 Å². The highest BCUT2D eigenvalue weighted by molar-refractivity contribution is 6.76. The van der Waals surface area contributed by atoms with Crippen molar-refractivity contribution in [2.75, 3.05) is 0 Å². The Labute approximate surface area is 642 Å². The Kier molecular flexibility index (Phi) is 32.4. The molecule has 0 aliphatic heterocycles. The summed E-state index contributed by atoms with van der Waals surface area (Å²) in [6.07, 6.45) is 9.73. The standard InChI is InChI=1S/C36H50O.C23H28O.C12H28O4Si.C9H22OSi.C8H10O.C6H9N/c1-20(2)26-16-30(22(5)6)34(31(17-26)23(7)8)28-14-13-15-29(36(28)37)35-32(24(9)10)18-27(21(3)4)19-33(35)25(11)12;1-14-12-17-8-4-6-10-19(17)21(16(14)3)22-20-11-7-5-9-18(20)13-15(2)23(22)24;1-10(2,3)14-17(13,15-11(4,5)6)16-12(7,8)9;1-8(2,3)11(7,10)9(4,5)6;1-6-4-3-5-7(2)8(6)9;1-5-3-4-6(2)7-5/h13-25,37H,1-12H3;12-13,24H,4-11H2,1-3H3;13H,1-9H3;10H,1-7H3;3-5,9H,1-2H3;3-4,7H,1-2H3. The molecule has 1 heterocycles. The summed E-state index contributed by atoms with van der Waals surface area (Å²) in [5.41, 5.74) is 27.4. The maximum atomic E-state index is 12.1. The zero-order valence-electron chi connectivity index (χ0n) is 72.7. The fourth-order valence-electron chi connectivity index (χ4n) is 14.1. The summed E-state index contributed by atoms with van der Waals surface area (Å²) in [4.78, 5) is 24.0. The molecule has 0 bridgehead atoms. The number of hydrogen-bond donors (Lipinski definition) is 6. The molecule has 7 aromatic rings. The van der Waals surface area contributed by atoms with Crippen LogP contribution in [0, 0.1) is 48.5 Å². The van der Waals surface area contributed by atoms with Gasteiger partial charge in [-0.15, -0.1) is 0 Å². The molecule has 0 saturated carbocycles. The van der Waals surface area contributed by atoms with Crippen molar-refractivity contribution >= 4 is 17.4 Å². The number of H-pyrrole nitrogens is 1. The Morgan fingerprint density at radius 1 is 0.362 bits per heavy atom. The summed E-state index contributed by atoms with van der Waals surface area (Å²) >= 11 is 0. The van der Waals surface area contributed by atoms with E-state index in [0.717, 1.165) is 47.1 Å². The molecule has 2 aliphatic carbocycles. The number of aromatic amines is 1. The topological polar surface area (TPSA) is 145 Å². The predicted octanol–water partition coefficient (Wildman–Crippen LogP) is 26.9. The van der Waals surface area contributed by atoms with Crippen LogP contribution in [0.5, 0.6) is 17.2 Å². The van der Waals surface area contributed by atoms with Gasteiger partial charge in [-0.25, -0.2) is 0 Å². The summed E-state index contributed by atoms with van der Waals surface area (Å²) in [6, 6.07) is 30.3. The number of aromatic hydroxyl groups is 3. The van der Waals surface area contributed by atoms with Crippen LogP contribution in [-0.2, 0) is 39.0 Å². The highest BCUT2D eigenvalue weighted by Crippen LogP contribution is 2.51. The third kappa shape index (κ3) is 25.4. The maximum Gasteiger partial charge on any atom is 0.678 e. The molecular weight excluding hydrogens is 1330 g/mol. The first-order chi connectivity index (χ1) is 48.0. The number of nitrogens with one attached hydrogen (secondary N) is 1. The molecule has 0 saturated heterocycles. The normalized spacial score (nSPS) is 13.6. The van der Waals surface area contributed by atoms with E-state index in [1.807, 2.05) is 115 Å². The lowest BCUT2D eigenvalue weighted by molar-refractivity contribution is -0.119. The second-order valence-corrected chi connectivity index (χ2v) is 44.2. The monoisotopic (exact) mass is 1470 g/mol. The Balaban J connectivity index is 0.000000294. The lowest BCUT2D eigenvalue weighted by Gasteiger charge is -2.44. The van der Waals surface area contributed by atoms with Gasteiger partial charge in [0.15, 0.2) is 8.32 Å². The molecule has 0 fully saturated rings. The SMILES string of the molecule is CC(C)(C)O[Si](O)(OC(C)(C)C)OC(C)(C)C.CC(C)(C)[Si](C)(O)C(C)(C)C.CC(C)c1cc(C(C)C)c(-c2cccc(-c3c(C(C)C)cc(C(C)C)cc3C(C)C)c2O)c(C(C)C)c1.Cc1cc2c(c(-c3c(O)c(C)cc4c3CCCC4)c1C)CCCC2.Cc1ccc(C)[nH]1.Cc1cccc(C)c1O. The number of benzene rings is 6. The molecule has 584 valence electrons. The van der Waals surface area contributed by atoms with E-state index < -0.39 is 34.2 Å². The lowest BCUT2D eigenvalue weighted by atomic mass is 9.77. The summed E-state index contributed by atoms with van der Waals surface area (Å²) in [5, 5.41) is 32.5. The average molecular weight is 1480 g/mol. The molecule has 9 nitrogen and oxygen atoms in total. The van der Waals surface area contributed by atoms with Gasteiger partial charge in [0, 0.05) is 28.1 Å². The first kappa shape index (κ1) is 91.6. The summed E-state index contributed by atoms with van der Waals surface area (Å²) in [7, 11) is -5.76. The van der Waals surface area contributed by atoms with Gasteiger partial charge in [0.2, 0.25) is 0 Å². The zero-order valence-corrected chi connectivity index (χ0v) is 74.7. The minimum absolute atomic E-state index is 0.0747. The quantitative estimate of drug-likeness (QED) is 0.0664. The number of hydrogen-bond acceptors (Lipinski definition) is 8. The van der Waals surface area contributed by atoms with Gasteiger partial charge >= 0.3 is 9.05 Å². The minimum atomic E-state index is -3.66. The van der Waals surface area contributed by atoms with Gasteiger partial charge in [0.1, 0.15) is 17.2 Å². The molecule has 2 aliphatic rings. The van der Waals surface area contributed by atoms with Crippen molar-refractivity contribution in [1.29, 1.82) is 0 Å². The molecular formula is C94H147NO8Si2. The van der Waals surface area contributed by atoms with Crippen molar-refractivity contribution in [2.24, 2.45) is 0 Å². The van der Waals surface area contributed by atoms with Gasteiger partial charge in [0.05, 0.1) is 16.8 Å². The number of para-hydroxylation sites is 2. The van der Waals surface area contributed by atoms with E-state index in [2.05, 4.69) is 217 Å². The Morgan fingerprint density at radius 2 is 0.676 bits per heavy atom. The van der Waals surface area contributed by atoms with E-state index in [9.17, 15) is 24.9 Å². The van der Waals surface area contributed by atoms with Crippen LogP contribution >= 0.6 is 0 Å². The van der Waals surface area contributed by atoms with Gasteiger partial charge < -0.3 is 43.2 Å². The summed E-state index contributed by atoms with van der Waals surface area (Å²) < 4.78 is 16.9. The molecule has 6 N–H and O–H groups in total. The van der Waals surface area contributed by atoms with Gasteiger partial charge in [-0.3, -0.25) is 0 Å². The smallest absolute Gasteiger partial charge is 0.507 e. The average Bonchev–Trinajstić information content (AvgIpc) is 1.42. The second-order valence-electron chi connectivity index (χ2n) is 37.4. The molecule has 11 heteroatoms. The van der Waals surface area contributed by atoms with Crippen LogP contribution in [0.2, 0.25) is 16.6 Å². The molecule has 0 amide bonds. The van der Waals surface area contributed by atoms with Crippen molar-refractivity contribution in [3.8, 4) is 50.6 Å². The van der Waals surface area contributed by atoms with Gasteiger partial charge in [0.25, 0.3) is 0 Å². The number of phenols is 3. The number of aromatic nitrogens is 1. The molecule has 105 heavy (non-hydrogen) atoms. The minimum Gasteiger partial charge on any atom is -0.507 e. The molecule has 9 rings (SSSR count). The van der Waals surface area contributed by atoms with E-state index in [-0.39, 0.29) is 10.1 Å². The maximum absolute atomic E-state index is 12.1. The third-order valence-corrected chi connectivity index (χ3v) is 29.2. The molecule has 0 unspecified atom stereocenters. The molecule has 1 aromatic heterocycles. The fraction of sp³-hybridized carbons (Fsp3) is 0.574. The number of aryl methyl sites for hydroxylation is 8. The third-order valence-electron chi connectivity index (χ3n) is 20.7. The van der Waals surface area contributed by atoms with Gasteiger partial charge in [-0.2, -0.15) is 0 Å². The molecule has 0 radical (unpaired) electrons. The van der Waals surface area contributed by atoms with Crippen LogP contribution in [0.3, 0.4) is 0 Å². The first-order valence-electron chi connectivity index (χ1n) is 39.5. The van der Waals surface area contributed by atoms with Gasteiger partial charge in [-0.1, -0.05) is 197 Å². The van der Waals surface area contributed by atoms with Crippen LogP contribution in [-0.4, -0.2) is 64.1 Å².